The summed E-state index contributed by atoms with van der Waals surface area (Å²) in [5.74, 6) is 0.737. The van der Waals surface area contributed by atoms with E-state index in [0.717, 1.165) is 81.6 Å². The van der Waals surface area contributed by atoms with Crippen LogP contribution in [0.1, 0.15) is 96.9 Å². The molecule has 1 aliphatic carbocycles. The lowest BCUT2D eigenvalue weighted by atomic mass is 9.89. The second kappa shape index (κ2) is 20.5. The van der Waals surface area contributed by atoms with E-state index >= 15 is 0 Å². The molecule has 320 valence electrons. The summed E-state index contributed by atoms with van der Waals surface area (Å²) in [5.41, 5.74) is 4.10. The Morgan fingerprint density at radius 2 is 1.86 bits per heavy atom. The van der Waals surface area contributed by atoms with Crippen molar-refractivity contribution in [3.8, 4) is 11.5 Å². The van der Waals surface area contributed by atoms with Crippen LogP contribution in [0.2, 0.25) is 0 Å². The minimum absolute atomic E-state index is 0.00404. The first-order valence-corrected chi connectivity index (χ1v) is 22.6. The number of ether oxygens (including phenoxy) is 3. The lowest BCUT2D eigenvalue weighted by Gasteiger charge is -2.47. The Morgan fingerprint density at radius 3 is 2.64 bits per heavy atom. The number of carbonyl (C=O) groups is 3. The highest BCUT2D eigenvalue weighted by Crippen LogP contribution is 2.39. The number of nitrogens with one attached hydrogen (secondary N) is 2. The standard InChI is InChI=1S/C45H62N6O7S/c1-32(2)43-47-37(30-59-43)44(55)50-24-27-58-45(31-50)16-21-49(22-17-45)20-13-33-6-5-7-34(28-33)14-25-56-26-15-40(54)51(36-8-3-4-9-36)23-19-46-18-12-35-10-11-38(52)41-42(35)57-29-39(53)48-41/h5-7,10-11,28,30,32,36,46,52H,3-4,8-9,12-27,29,31H2,1-2H3,(H,48,53). The molecule has 3 N–H and O–H groups in total. The number of nitrogens with zero attached hydrogens (tertiary/aromatic N) is 4. The van der Waals surface area contributed by atoms with Crippen LogP contribution in [-0.4, -0.2) is 133 Å². The Kier molecular flexibility index (Phi) is 14.9. The van der Waals surface area contributed by atoms with E-state index in [9.17, 15) is 19.5 Å². The summed E-state index contributed by atoms with van der Waals surface area (Å²) >= 11 is 1.57. The van der Waals surface area contributed by atoms with Crippen LogP contribution in [0, 0.1) is 0 Å². The first-order valence-electron chi connectivity index (χ1n) is 21.7. The monoisotopic (exact) mass is 830 g/mol. The Balaban J connectivity index is 0.786. The average molecular weight is 831 g/mol. The zero-order chi connectivity index (χ0) is 41.2. The number of aromatic hydroxyl groups is 1. The lowest BCUT2D eigenvalue weighted by molar-refractivity contribution is -0.134. The third-order valence-electron chi connectivity index (χ3n) is 12.3. The summed E-state index contributed by atoms with van der Waals surface area (Å²) in [4.78, 5) is 49.6. The Hall–Kier alpha value is -4.08. The fourth-order valence-corrected chi connectivity index (χ4v) is 9.64. The summed E-state index contributed by atoms with van der Waals surface area (Å²) in [5, 5.41) is 19.2. The number of hydrogen-bond donors (Lipinski definition) is 3. The maximum Gasteiger partial charge on any atom is 0.273 e. The third-order valence-corrected chi connectivity index (χ3v) is 13.4. The molecule has 3 aliphatic heterocycles. The number of hydrogen-bond acceptors (Lipinski definition) is 11. The smallest absolute Gasteiger partial charge is 0.273 e. The number of anilines is 1. The third kappa shape index (κ3) is 11.4. The molecule has 4 heterocycles. The van der Waals surface area contributed by atoms with Gasteiger partial charge in [-0.2, -0.15) is 0 Å². The molecule has 4 aliphatic rings. The van der Waals surface area contributed by atoms with Crippen LogP contribution in [0.25, 0.3) is 0 Å². The van der Waals surface area contributed by atoms with Gasteiger partial charge in [0.25, 0.3) is 11.8 Å². The van der Waals surface area contributed by atoms with Crippen LogP contribution in [0.15, 0.2) is 41.8 Å². The fraction of sp³-hybridized carbons (Fsp3) is 0.600. The van der Waals surface area contributed by atoms with Crippen molar-refractivity contribution < 1.29 is 33.7 Å². The number of carbonyl (C=O) groups excluding carboxylic acids is 3. The number of phenols is 1. The first kappa shape index (κ1) is 43.0. The Morgan fingerprint density at radius 1 is 1.07 bits per heavy atom. The molecule has 1 spiro atoms. The van der Waals surface area contributed by atoms with Gasteiger partial charge in [0.1, 0.15) is 17.1 Å². The van der Waals surface area contributed by atoms with Crippen molar-refractivity contribution in [1.29, 1.82) is 0 Å². The molecule has 3 amide bonds. The molecule has 0 unspecified atom stereocenters. The number of fused-ring (bicyclic) bond motifs is 1. The molecule has 2 saturated heterocycles. The highest BCUT2D eigenvalue weighted by Gasteiger charge is 2.41. The van der Waals surface area contributed by atoms with E-state index < -0.39 is 0 Å². The van der Waals surface area contributed by atoms with Crippen molar-refractivity contribution in [2.24, 2.45) is 0 Å². The molecule has 59 heavy (non-hydrogen) atoms. The van der Waals surface area contributed by atoms with Crippen LogP contribution in [0.4, 0.5) is 5.69 Å². The van der Waals surface area contributed by atoms with Crippen molar-refractivity contribution in [1.82, 2.24) is 25.0 Å². The topological polar surface area (TPSA) is 146 Å². The van der Waals surface area contributed by atoms with Gasteiger partial charge in [-0.05, 0) is 74.2 Å². The van der Waals surface area contributed by atoms with Gasteiger partial charge in [-0.25, -0.2) is 4.98 Å². The van der Waals surface area contributed by atoms with Gasteiger partial charge in [0.2, 0.25) is 5.91 Å². The molecule has 0 atom stereocenters. The van der Waals surface area contributed by atoms with Crippen LogP contribution in [0.5, 0.6) is 11.5 Å². The number of phenolic OH excluding ortho intramolecular Hbond substituents is 1. The molecule has 13 nitrogen and oxygen atoms in total. The number of likely N-dealkylation sites (tertiary alicyclic amines) is 1. The molecule has 0 radical (unpaired) electrons. The van der Waals surface area contributed by atoms with Gasteiger partial charge in [-0.3, -0.25) is 14.4 Å². The van der Waals surface area contributed by atoms with E-state index in [1.165, 1.54) is 11.1 Å². The van der Waals surface area contributed by atoms with E-state index in [1.807, 2.05) is 16.3 Å². The second-order valence-electron chi connectivity index (χ2n) is 16.8. The highest BCUT2D eigenvalue weighted by molar-refractivity contribution is 7.09. The summed E-state index contributed by atoms with van der Waals surface area (Å²) in [7, 11) is 0. The maximum absolute atomic E-state index is 13.4. The van der Waals surface area contributed by atoms with Crippen molar-refractivity contribution in [3.63, 3.8) is 0 Å². The van der Waals surface area contributed by atoms with E-state index in [0.29, 0.717) is 88.4 Å². The first-order chi connectivity index (χ1) is 28.7. The summed E-state index contributed by atoms with van der Waals surface area (Å²) in [6.07, 6.45) is 9.07. The largest absolute Gasteiger partial charge is 0.506 e. The highest BCUT2D eigenvalue weighted by atomic mass is 32.1. The number of amides is 3. The van der Waals surface area contributed by atoms with Gasteiger partial charge in [-0.1, -0.05) is 57.0 Å². The molecule has 1 saturated carbocycles. The number of benzene rings is 2. The van der Waals surface area contributed by atoms with Gasteiger partial charge in [0.05, 0.1) is 43.4 Å². The van der Waals surface area contributed by atoms with Crippen molar-refractivity contribution in [2.45, 2.75) is 95.6 Å². The quantitative estimate of drug-likeness (QED) is 0.113. The van der Waals surface area contributed by atoms with E-state index in [2.05, 4.69) is 63.5 Å². The van der Waals surface area contributed by atoms with Crippen molar-refractivity contribution in [3.05, 3.63) is 69.2 Å². The molecular formula is C45H62N6O7S. The normalized spacial score (nSPS) is 18.2. The minimum Gasteiger partial charge on any atom is -0.506 e. The number of piperidine rings is 1. The van der Waals surface area contributed by atoms with Crippen LogP contribution in [-0.2, 0) is 38.3 Å². The number of aromatic nitrogens is 1. The molecule has 3 fully saturated rings. The predicted octanol–water partition coefficient (Wildman–Crippen LogP) is 5.41. The molecule has 2 aromatic carbocycles. The number of thiazole rings is 1. The molecule has 1 aromatic heterocycles. The number of rotatable bonds is 18. The zero-order valence-corrected chi connectivity index (χ0v) is 35.7. The zero-order valence-electron chi connectivity index (χ0n) is 34.8. The Bertz CT molecular complexity index is 1890. The van der Waals surface area contributed by atoms with Gasteiger partial charge in [-0.15, -0.1) is 11.3 Å². The van der Waals surface area contributed by atoms with E-state index in [1.54, 1.807) is 17.4 Å². The fourth-order valence-electron chi connectivity index (χ4n) is 8.83. The molecule has 0 bridgehead atoms. The Labute approximate surface area is 352 Å². The average Bonchev–Trinajstić information content (AvgIpc) is 3.97. The van der Waals surface area contributed by atoms with Gasteiger partial charge in [0.15, 0.2) is 12.4 Å². The summed E-state index contributed by atoms with van der Waals surface area (Å²) in [6.45, 7) is 11.9. The summed E-state index contributed by atoms with van der Waals surface area (Å²) in [6, 6.07) is 12.5. The van der Waals surface area contributed by atoms with Crippen LogP contribution in [0.3, 0.4) is 0 Å². The van der Waals surface area contributed by atoms with Gasteiger partial charge in [0, 0.05) is 56.6 Å². The summed E-state index contributed by atoms with van der Waals surface area (Å²) < 4.78 is 18.0. The van der Waals surface area contributed by atoms with Crippen LogP contribution < -0.4 is 15.4 Å². The SMILES string of the molecule is CC(C)c1nc(C(=O)N2CCOC3(CCN(CCc4cccc(CCOCCC(=O)N(CCNCCc5ccc(O)c6c5OCC(=O)N6)C5CCCC5)c4)CC3)C2)cs1. The minimum atomic E-state index is -0.280. The van der Waals surface area contributed by atoms with Crippen molar-refractivity contribution >= 4 is 34.7 Å². The molecule has 7 rings (SSSR count). The molecule has 14 heteroatoms. The predicted molar refractivity (Wildman–Crippen MR) is 229 cm³/mol. The lowest BCUT2D eigenvalue weighted by Crippen LogP contribution is -2.58. The molecule has 3 aromatic rings. The molecular weight excluding hydrogens is 769 g/mol. The van der Waals surface area contributed by atoms with Gasteiger partial charge >= 0.3 is 0 Å². The van der Waals surface area contributed by atoms with Crippen molar-refractivity contribution in [2.75, 3.05) is 84.1 Å². The van der Waals surface area contributed by atoms with Gasteiger partial charge < -0.3 is 44.7 Å². The number of morpholine rings is 1. The van der Waals surface area contributed by atoms with E-state index in [4.69, 9.17) is 14.2 Å². The van der Waals surface area contributed by atoms with E-state index in [-0.39, 0.29) is 41.7 Å². The maximum atomic E-state index is 13.4. The second-order valence-corrected chi connectivity index (χ2v) is 17.7. The van der Waals surface area contributed by atoms with Crippen LogP contribution >= 0.6 is 11.3 Å².